The molecule has 0 spiro atoms. The molecule has 4 heterocycles. The predicted molar refractivity (Wildman–Crippen MR) is 189 cm³/mol. The van der Waals surface area contributed by atoms with Gasteiger partial charge >= 0.3 is 6.85 Å². The molecule has 2 nitrogen and oxygen atoms in total. The van der Waals surface area contributed by atoms with Crippen LogP contribution in [0.1, 0.15) is 0 Å². The minimum absolute atomic E-state index is 0.0404. The van der Waals surface area contributed by atoms with E-state index < -0.39 is 0 Å². The van der Waals surface area contributed by atoms with Gasteiger partial charge in [-0.3, -0.25) is 0 Å². The summed E-state index contributed by atoms with van der Waals surface area (Å²) in [4.78, 5) is 2.51. The van der Waals surface area contributed by atoms with E-state index in [1.54, 1.807) is 0 Å². The van der Waals surface area contributed by atoms with E-state index in [1.807, 2.05) is 11.3 Å². The molecule has 0 bridgehead atoms. The lowest BCUT2D eigenvalue weighted by molar-refractivity contribution is 1.24. The van der Waals surface area contributed by atoms with Crippen LogP contribution in [-0.4, -0.2) is 11.3 Å². The molecule has 44 heavy (non-hydrogen) atoms. The third kappa shape index (κ3) is 3.15. The molecule has 0 aliphatic carbocycles. The maximum Gasteiger partial charge on any atom is 0.343 e. The molecule has 2 aliphatic rings. The largest absolute Gasteiger partial charge is 0.374 e. The lowest BCUT2D eigenvalue weighted by Crippen LogP contribution is -2.55. The van der Waals surface area contributed by atoms with Crippen molar-refractivity contribution in [2.75, 3.05) is 4.90 Å². The van der Waals surface area contributed by atoms with E-state index >= 15 is 0 Å². The zero-order valence-corrected chi connectivity index (χ0v) is 24.6. The van der Waals surface area contributed by atoms with E-state index in [4.69, 9.17) is 0 Å². The highest BCUT2D eigenvalue weighted by Crippen LogP contribution is 2.50. The highest BCUT2D eigenvalue weighted by atomic mass is 32.1. The fourth-order valence-electron chi connectivity index (χ4n) is 7.70. The second-order valence-electron chi connectivity index (χ2n) is 11.7. The molecule has 0 amide bonds. The second kappa shape index (κ2) is 9.09. The molecule has 4 heteroatoms. The molecule has 0 radical (unpaired) electrons. The van der Waals surface area contributed by atoms with Gasteiger partial charge in [0, 0.05) is 54.0 Å². The van der Waals surface area contributed by atoms with Crippen molar-refractivity contribution >= 4 is 66.5 Å². The van der Waals surface area contributed by atoms with Crippen LogP contribution in [0.15, 0.2) is 152 Å². The van der Waals surface area contributed by atoms with Crippen LogP contribution in [-0.2, 0) is 0 Å². The number of aromatic nitrogens is 1. The minimum Gasteiger partial charge on any atom is -0.374 e. The number of fused-ring (bicyclic) bond motifs is 6. The molecule has 10 rings (SSSR count). The van der Waals surface area contributed by atoms with E-state index in [2.05, 4.69) is 161 Å². The maximum absolute atomic E-state index is 2.69. The Morgan fingerprint density at radius 1 is 0.523 bits per heavy atom. The predicted octanol–water partition coefficient (Wildman–Crippen LogP) is 9.61. The molecule has 0 N–H and O–H groups in total. The van der Waals surface area contributed by atoms with Gasteiger partial charge in [-0.1, -0.05) is 127 Å². The summed E-state index contributed by atoms with van der Waals surface area (Å²) in [6.45, 7) is 0.0404. The van der Waals surface area contributed by atoms with Crippen LogP contribution in [0.4, 0.5) is 17.1 Å². The number of rotatable bonds is 3. The number of nitrogens with zero attached hydrogens (tertiary/aromatic N) is 2. The van der Waals surface area contributed by atoms with Crippen LogP contribution in [0, 0.1) is 0 Å². The zero-order valence-electron chi connectivity index (χ0n) is 23.8. The van der Waals surface area contributed by atoms with Crippen molar-refractivity contribution in [3.63, 3.8) is 0 Å². The Morgan fingerprint density at radius 2 is 1.16 bits per heavy atom. The van der Waals surface area contributed by atoms with Crippen LogP contribution in [0.25, 0.3) is 54.5 Å². The van der Waals surface area contributed by atoms with Gasteiger partial charge in [-0.2, -0.15) is 0 Å². The summed E-state index contributed by atoms with van der Waals surface area (Å²) in [6.07, 6.45) is 0. The molecule has 2 aromatic heterocycles. The standard InChI is InChI=1S/C40H25BN2S/c1-4-14-26(15-5-1)35-32-23-12-22-30-29-21-13-24-33-36(29)41(43(38(30)32)37(35)27-16-6-2-7-17-27)40-39(31-20-10-11-25-34(31)44-40)42(33)28-18-8-3-9-19-28/h1-25H. The average molecular weight is 577 g/mol. The fourth-order valence-corrected chi connectivity index (χ4v) is 8.99. The van der Waals surface area contributed by atoms with Crippen molar-refractivity contribution < 1.29 is 0 Å². The number of para-hydroxylation sites is 2. The van der Waals surface area contributed by atoms with Gasteiger partial charge in [0.05, 0.1) is 5.69 Å². The first-order chi connectivity index (χ1) is 21.9. The highest BCUT2D eigenvalue weighted by molar-refractivity contribution is 7.31. The molecule has 0 unspecified atom stereocenters. The Kier molecular flexibility index (Phi) is 4.99. The Labute approximate surface area is 260 Å². The van der Waals surface area contributed by atoms with Gasteiger partial charge in [0.25, 0.3) is 0 Å². The fraction of sp³-hybridized carbons (Fsp3) is 0. The second-order valence-corrected chi connectivity index (χ2v) is 12.7. The van der Waals surface area contributed by atoms with Gasteiger partial charge in [0.1, 0.15) is 0 Å². The smallest absolute Gasteiger partial charge is 0.343 e. The summed E-state index contributed by atoms with van der Waals surface area (Å²) in [5.74, 6) is 0. The first-order valence-electron chi connectivity index (χ1n) is 15.2. The SMILES string of the molecule is c1ccc(-c2c(-c3ccccc3)n3c4c(cccc24)-c2cccc4c2B3c2sc3ccccc3c2N4c2ccccc2)cc1. The van der Waals surface area contributed by atoms with Gasteiger partial charge in [0.15, 0.2) is 0 Å². The number of benzene rings is 6. The highest BCUT2D eigenvalue weighted by Gasteiger charge is 2.45. The van der Waals surface area contributed by atoms with E-state index in [0.29, 0.717) is 0 Å². The van der Waals surface area contributed by atoms with Crippen LogP contribution in [0.3, 0.4) is 0 Å². The van der Waals surface area contributed by atoms with Crippen LogP contribution >= 0.6 is 11.3 Å². The minimum atomic E-state index is 0.0404. The lowest BCUT2D eigenvalue weighted by Gasteiger charge is -2.39. The molecular weight excluding hydrogens is 551 g/mol. The van der Waals surface area contributed by atoms with E-state index in [9.17, 15) is 0 Å². The first kappa shape index (κ1) is 24.2. The first-order valence-corrected chi connectivity index (χ1v) is 16.0. The van der Waals surface area contributed by atoms with Gasteiger partial charge < -0.3 is 9.38 Å². The van der Waals surface area contributed by atoms with Crippen molar-refractivity contribution in [2.24, 2.45) is 0 Å². The van der Waals surface area contributed by atoms with Gasteiger partial charge in [-0.05, 0) is 46.4 Å². The molecule has 204 valence electrons. The zero-order chi connectivity index (χ0) is 28.8. The summed E-state index contributed by atoms with van der Waals surface area (Å²) in [5.41, 5.74) is 14.1. The van der Waals surface area contributed by atoms with Crippen molar-refractivity contribution in [2.45, 2.75) is 0 Å². The summed E-state index contributed by atoms with van der Waals surface area (Å²) >= 11 is 1.94. The third-order valence-electron chi connectivity index (χ3n) is 9.36. The molecule has 8 aromatic rings. The van der Waals surface area contributed by atoms with Crippen LogP contribution < -0.4 is 15.1 Å². The van der Waals surface area contributed by atoms with Crippen molar-refractivity contribution in [1.82, 2.24) is 4.48 Å². The Hall–Kier alpha value is -5.32. The third-order valence-corrected chi connectivity index (χ3v) is 10.6. The topological polar surface area (TPSA) is 8.17 Å². The number of hydrogen-bond donors (Lipinski definition) is 0. The van der Waals surface area contributed by atoms with Gasteiger partial charge in [-0.25, -0.2) is 0 Å². The molecule has 0 atom stereocenters. The lowest BCUT2D eigenvalue weighted by atomic mass is 9.48. The number of hydrogen-bond acceptors (Lipinski definition) is 2. The van der Waals surface area contributed by atoms with E-state index in [1.165, 1.54) is 81.8 Å². The number of anilines is 3. The monoisotopic (exact) mass is 576 g/mol. The molecule has 0 saturated heterocycles. The Morgan fingerprint density at radius 3 is 1.95 bits per heavy atom. The molecule has 0 saturated carbocycles. The summed E-state index contributed by atoms with van der Waals surface area (Å²) in [7, 11) is 0. The summed E-state index contributed by atoms with van der Waals surface area (Å²) < 4.78 is 5.39. The quantitative estimate of drug-likeness (QED) is 0.190. The van der Waals surface area contributed by atoms with Crippen LogP contribution in [0.5, 0.6) is 0 Å². The van der Waals surface area contributed by atoms with Crippen molar-refractivity contribution in [1.29, 1.82) is 0 Å². The van der Waals surface area contributed by atoms with Gasteiger partial charge in [0.2, 0.25) is 0 Å². The van der Waals surface area contributed by atoms with Gasteiger partial charge in [-0.15, -0.1) is 11.3 Å². The van der Waals surface area contributed by atoms with Crippen molar-refractivity contribution in [3.8, 4) is 33.5 Å². The maximum atomic E-state index is 2.69. The summed E-state index contributed by atoms with van der Waals surface area (Å²) in [6, 6.07) is 55.5. The molecule has 6 aromatic carbocycles. The normalized spacial score (nSPS) is 12.9. The molecule has 0 fully saturated rings. The molecular formula is C40H25BN2S. The van der Waals surface area contributed by atoms with E-state index in [-0.39, 0.29) is 6.85 Å². The Bertz CT molecular complexity index is 2390. The van der Waals surface area contributed by atoms with E-state index in [0.717, 1.165) is 0 Å². The van der Waals surface area contributed by atoms with Crippen molar-refractivity contribution in [3.05, 3.63) is 152 Å². The summed E-state index contributed by atoms with van der Waals surface area (Å²) in [5, 5.41) is 2.61. The molecule has 2 aliphatic heterocycles. The van der Waals surface area contributed by atoms with Crippen LogP contribution in [0.2, 0.25) is 0 Å². The Balaban J connectivity index is 1.42. The number of thiophene rings is 1. The average Bonchev–Trinajstić information content (AvgIpc) is 3.65.